The molecule has 0 aliphatic carbocycles. The first-order valence-electron chi connectivity index (χ1n) is 4.84. The second-order valence-corrected chi connectivity index (χ2v) is 3.15. The average Bonchev–Trinajstić information content (AvgIpc) is 2.84. The second-order valence-electron chi connectivity index (χ2n) is 3.15. The van der Waals surface area contributed by atoms with E-state index in [9.17, 15) is 0 Å². The molecule has 0 spiro atoms. The number of nitrogens with two attached hydrogens (primary N) is 1. The molecule has 0 bridgehead atoms. The Morgan fingerprint density at radius 3 is 2.82 bits per heavy atom. The molecule has 17 heavy (non-hydrogen) atoms. The summed E-state index contributed by atoms with van der Waals surface area (Å²) in [6.07, 6.45) is 1.48. The van der Waals surface area contributed by atoms with Gasteiger partial charge in [0.25, 0.3) is 0 Å². The van der Waals surface area contributed by atoms with Crippen LogP contribution in [-0.2, 0) is 6.54 Å². The minimum absolute atomic E-state index is 0.242. The zero-order chi connectivity index (χ0) is 12.1. The van der Waals surface area contributed by atoms with E-state index < -0.39 is 0 Å². The molecule has 2 rings (SSSR count). The van der Waals surface area contributed by atoms with E-state index in [-0.39, 0.29) is 6.54 Å². The normalized spacial score (nSPS) is 10.6. The number of rotatable bonds is 3. The number of benzene rings is 1. The van der Waals surface area contributed by atoms with Crippen molar-refractivity contribution in [3.05, 3.63) is 35.7 Å². The molecule has 7 nitrogen and oxygen atoms in total. The van der Waals surface area contributed by atoms with E-state index in [2.05, 4.69) is 20.5 Å². The molecule has 0 saturated carbocycles. The predicted molar refractivity (Wildman–Crippen MR) is 60.4 cm³/mol. The Morgan fingerprint density at radius 1 is 1.41 bits per heavy atom. The summed E-state index contributed by atoms with van der Waals surface area (Å²) in [6.45, 7) is 0.242. The van der Waals surface area contributed by atoms with E-state index in [1.165, 1.54) is 11.0 Å². The molecule has 0 aliphatic heterocycles. The van der Waals surface area contributed by atoms with Crippen LogP contribution in [0.1, 0.15) is 11.4 Å². The summed E-state index contributed by atoms with van der Waals surface area (Å²) in [7, 11) is 0. The van der Waals surface area contributed by atoms with Crippen LogP contribution in [0.4, 0.5) is 5.69 Å². The van der Waals surface area contributed by atoms with Gasteiger partial charge in [0.15, 0.2) is 5.82 Å². The van der Waals surface area contributed by atoms with Crippen molar-refractivity contribution in [1.82, 2.24) is 20.2 Å². The monoisotopic (exact) mass is 227 g/mol. The topological polar surface area (TPSA) is 106 Å². The summed E-state index contributed by atoms with van der Waals surface area (Å²) in [5.41, 5.74) is 6.74. The van der Waals surface area contributed by atoms with Gasteiger partial charge in [0, 0.05) is 0 Å². The maximum atomic E-state index is 8.64. The summed E-state index contributed by atoms with van der Waals surface area (Å²) in [4.78, 5) is 4.16. The number of nitrogens with zero attached hydrogens (tertiary/aromatic N) is 6. The Hall–Kier alpha value is -2.59. The Bertz CT molecular complexity index is 561. The van der Waals surface area contributed by atoms with Crippen LogP contribution in [0.5, 0.6) is 0 Å². The number of aromatic nitrogens is 4. The highest BCUT2D eigenvalue weighted by Crippen LogP contribution is 2.11. The highest BCUT2D eigenvalue weighted by Gasteiger charge is 1.99. The van der Waals surface area contributed by atoms with Crippen LogP contribution in [0.25, 0.3) is 0 Å². The van der Waals surface area contributed by atoms with Gasteiger partial charge in [-0.25, -0.2) is 4.99 Å². The van der Waals surface area contributed by atoms with Gasteiger partial charge in [-0.3, -0.25) is 0 Å². The molecule has 0 saturated heterocycles. The highest BCUT2D eigenvalue weighted by atomic mass is 15.5. The first kappa shape index (κ1) is 10.9. The van der Waals surface area contributed by atoms with Crippen molar-refractivity contribution in [2.75, 3.05) is 0 Å². The molecule has 0 unspecified atom stereocenters. The molecule has 7 heteroatoms. The summed E-state index contributed by atoms with van der Waals surface area (Å²) in [5, 5.41) is 19.6. The van der Waals surface area contributed by atoms with E-state index in [0.29, 0.717) is 17.1 Å². The minimum Gasteiger partial charge on any atom is -0.324 e. The van der Waals surface area contributed by atoms with E-state index in [1.807, 2.05) is 6.07 Å². The van der Waals surface area contributed by atoms with Crippen LogP contribution >= 0.6 is 0 Å². The van der Waals surface area contributed by atoms with Crippen molar-refractivity contribution >= 4 is 12.0 Å². The lowest BCUT2D eigenvalue weighted by Gasteiger charge is -1.95. The van der Waals surface area contributed by atoms with Gasteiger partial charge in [0.2, 0.25) is 0 Å². The molecule has 0 fully saturated rings. The average molecular weight is 227 g/mol. The molecule has 0 aliphatic rings. The van der Waals surface area contributed by atoms with Gasteiger partial charge in [-0.15, -0.1) is 5.10 Å². The lowest BCUT2D eigenvalue weighted by molar-refractivity contribution is 0.811. The van der Waals surface area contributed by atoms with E-state index in [4.69, 9.17) is 11.0 Å². The first-order valence-corrected chi connectivity index (χ1v) is 4.84. The lowest BCUT2D eigenvalue weighted by Crippen LogP contribution is -2.08. The van der Waals surface area contributed by atoms with Gasteiger partial charge in [-0.2, -0.15) is 9.94 Å². The van der Waals surface area contributed by atoms with Crippen LogP contribution in [0, 0.1) is 11.3 Å². The number of aliphatic imine (C=N–C) groups is 1. The quantitative estimate of drug-likeness (QED) is 0.596. The first-order chi connectivity index (χ1) is 8.33. The fourth-order valence-corrected chi connectivity index (χ4v) is 1.18. The number of tetrazole rings is 1. The second kappa shape index (κ2) is 4.96. The fourth-order valence-electron chi connectivity index (χ4n) is 1.18. The van der Waals surface area contributed by atoms with Crippen molar-refractivity contribution in [1.29, 1.82) is 5.26 Å². The summed E-state index contributed by atoms with van der Waals surface area (Å²) >= 11 is 0. The van der Waals surface area contributed by atoms with Crippen molar-refractivity contribution < 1.29 is 0 Å². The Labute approximate surface area is 97.2 Å². The maximum absolute atomic E-state index is 8.64. The highest BCUT2D eigenvalue weighted by molar-refractivity contribution is 5.63. The third-order valence-electron chi connectivity index (χ3n) is 2.06. The van der Waals surface area contributed by atoms with Crippen LogP contribution < -0.4 is 5.73 Å². The molecular weight excluding hydrogens is 218 g/mol. The predicted octanol–water partition coefficient (Wildman–Crippen LogP) is 0.212. The van der Waals surface area contributed by atoms with Gasteiger partial charge in [0.05, 0.1) is 23.9 Å². The van der Waals surface area contributed by atoms with Gasteiger partial charge in [0.1, 0.15) is 6.34 Å². The maximum Gasteiger partial charge on any atom is 0.171 e. The number of hydrogen-bond donors (Lipinski definition) is 1. The Kier molecular flexibility index (Phi) is 3.18. The molecule has 0 amide bonds. The van der Waals surface area contributed by atoms with Gasteiger partial charge >= 0.3 is 0 Å². The van der Waals surface area contributed by atoms with E-state index >= 15 is 0 Å². The molecule has 2 aromatic rings. The Balaban J connectivity index is 2.18. The molecule has 84 valence electrons. The summed E-state index contributed by atoms with van der Waals surface area (Å²) in [5.74, 6) is 0.530. The summed E-state index contributed by atoms with van der Waals surface area (Å²) in [6, 6.07) is 8.89. The third kappa shape index (κ3) is 2.50. The van der Waals surface area contributed by atoms with Crippen LogP contribution in [-0.4, -0.2) is 26.5 Å². The minimum atomic E-state index is 0.242. The zero-order valence-corrected chi connectivity index (χ0v) is 8.85. The molecule has 1 heterocycles. The van der Waals surface area contributed by atoms with E-state index in [0.717, 1.165) is 0 Å². The fraction of sp³-hybridized carbons (Fsp3) is 0.100. The van der Waals surface area contributed by atoms with Crippen LogP contribution in [0.3, 0.4) is 0 Å². The molecule has 0 radical (unpaired) electrons. The smallest absolute Gasteiger partial charge is 0.171 e. The molecule has 0 atom stereocenters. The van der Waals surface area contributed by atoms with Crippen molar-refractivity contribution in [2.24, 2.45) is 10.7 Å². The standard InChI is InChI=1S/C10H9N7/c11-5-8-1-3-9(4-2-8)13-7-17-10(6-12)14-15-16-17/h1-4,7H,6,12H2. The molecular formula is C10H9N7. The molecule has 1 aromatic carbocycles. The van der Waals surface area contributed by atoms with Crippen molar-refractivity contribution in [3.63, 3.8) is 0 Å². The van der Waals surface area contributed by atoms with Gasteiger partial charge < -0.3 is 5.73 Å². The molecule has 1 aromatic heterocycles. The Morgan fingerprint density at radius 2 is 2.18 bits per heavy atom. The van der Waals surface area contributed by atoms with Crippen LogP contribution in [0.15, 0.2) is 29.3 Å². The summed E-state index contributed by atoms with van der Waals surface area (Å²) < 4.78 is 1.40. The van der Waals surface area contributed by atoms with Crippen molar-refractivity contribution in [3.8, 4) is 6.07 Å². The van der Waals surface area contributed by atoms with Gasteiger partial charge in [-0.05, 0) is 34.7 Å². The number of hydrogen-bond acceptors (Lipinski definition) is 6. The third-order valence-corrected chi connectivity index (χ3v) is 2.06. The largest absolute Gasteiger partial charge is 0.324 e. The zero-order valence-electron chi connectivity index (χ0n) is 8.85. The van der Waals surface area contributed by atoms with E-state index in [1.54, 1.807) is 24.3 Å². The van der Waals surface area contributed by atoms with Crippen LogP contribution in [0.2, 0.25) is 0 Å². The lowest BCUT2D eigenvalue weighted by atomic mass is 10.2. The number of nitriles is 1. The van der Waals surface area contributed by atoms with Crippen molar-refractivity contribution in [2.45, 2.75) is 6.54 Å². The van der Waals surface area contributed by atoms with Gasteiger partial charge in [-0.1, -0.05) is 0 Å². The SMILES string of the molecule is N#Cc1ccc(N=Cn2nnnc2CN)cc1. The molecule has 2 N–H and O–H groups in total.